The minimum atomic E-state index is -0.241. The smallest absolute Gasteiger partial charge is 0.316 e. The molecule has 0 unspecified atom stereocenters. The summed E-state index contributed by atoms with van der Waals surface area (Å²) in [5.74, 6) is 1.61. The zero-order chi connectivity index (χ0) is 13.9. The summed E-state index contributed by atoms with van der Waals surface area (Å²) in [4.78, 5) is 11.3. The van der Waals surface area contributed by atoms with Gasteiger partial charge in [0.25, 0.3) is 0 Å². The van der Waals surface area contributed by atoms with Crippen LogP contribution in [-0.4, -0.2) is 46.3 Å². The molecule has 1 aliphatic carbocycles. The van der Waals surface area contributed by atoms with Crippen molar-refractivity contribution >= 4 is 17.7 Å². The van der Waals surface area contributed by atoms with Crippen LogP contribution in [0.5, 0.6) is 0 Å². The number of hydrogen-bond donors (Lipinski definition) is 0. The molecule has 1 saturated heterocycles. The van der Waals surface area contributed by atoms with E-state index in [1.54, 1.807) is 0 Å². The molecule has 1 saturated carbocycles. The lowest BCUT2D eigenvalue weighted by molar-refractivity contribution is -0.137. The average Bonchev–Trinajstić information content (AvgIpc) is 3.03. The fourth-order valence-electron chi connectivity index (χ4n) is 2.40. The van der Waals surface area contributed by atoms with Gasteiger partial charge in [-0.3, -0.25) is 4.79 Å². The van der Waals surface area contributed by atoms with Gasteiger partial charge in [-0.1, -0.05) is 11.8 Å². The van der Waals surface area contributed by atoms with E-state index in [0.29, 0.717) is 5.92 Å². The van der Waals surface area contributed by atoms with E-state index in [1.165, 1.54) is 31.7 Å². The topological polar surface area (TPSA) is 66.2 Å². The van der Waals surface area contributed by atoms with Gasteiger partial charge in [0, 0.05) is 12.5 Å². The van der Waals surface area contributed by atoms with Crippen LogP contribution in [0.3, 0.4) is 0 Å². The van der Waals surface area contributed by atoms with Gasteiger partial charge in [0.1, 0.15) is 5.82 Å². The zero-order valence-corrected chi connectivity index (χ0v) is 12.4. The first-order chi connectivity index (χ1) is 9.78. The van der Waals surface area contributed by atoms with Crippen LogP contribution in [0, 0.1) is 0 Å². The molecular formula is C13H19N3O3S. The summed E-state index contributed by atoms with van der Waals surface area (Å²) in [5, 5.41) is 9.35. The summed E-state index contributed by atoms with van der Waals surface area (Å²) in [5.41, 5.74) is 0. The van der Waals surface area contributed by atoms with Crippen LogP contribution in [-0.2, 0) is 20.8 Å². The fraction of sp³-hybridized carbons (Fsp3) is 0.769. The Morgan fingerprint density at radius 2 is 2.30 bits per heavy atom. The standard InChI is InChI=1S/C13H19N3O3S/c1-18-11(17)8-20-13-15-14-12(9-4-5-9)16(13)7-10-3-2-6-19-10/h9-10H,2-8H2,1H3/t10-/m1/s1. The lowest BCUT2D eigenvalue weighted by Gasteiger charge is -2.14. The van der Waals surface area contributed by atoms with Crippen molar-refractivity contribution in [3.8, 4) is 0 Å². The molecule has 1 aromatic heterocycles. The van der Waals surface area contributed by atoms with Crippen molar-refractivity contribution in [1.82, 2.24) is 14.8 Å². The predicted molar refractivity (Wildman–Crippen MR) is 73.7 cm³/mol. The van der Waals surface area contributed by atoms with Crippen molar-refractivity contribution < 1.29 is 14.3 Å². The summed E-state index contributed by atoms with van der Waals surface area (Å²) in [6.07, 6.45) is 4.83. The molecule has 0 aromatic carbocycles. The lowest BCUT2D eigenvalue weighted by atomic mass is 10.2. The average molecular weight is 297 g/mol. The molecule has 2 fully saturated rings. The summed E-state index contributed by atoms with van der Waals surface area (Å²) in [7, 11) is 1.40. The van der Waals surface area contributed by atoms with Crippen molar-refractivity contribution in [1.29, 1.82) is 0 Å². The van der Waals surface area contributed by atoms with E-state index in [4.69, 9.17) is 4.74 Å². The molecular weight excluding hydrogens is 278 g/mol. The Hall–Kier alpha value is -1.08. The molecule has 2 heterocycles. The summed E-state index contributed by atoms with van der Waals surface area (Å²) in [6, 6.07) is 0. The van der Waals surface area contributed by atoms with Gasteiger partial charge in [-0.2, -0.15) is 0 Å². The maximum Gasteiger partial charge on any atom is 0.316 e. The highest BCUT2D eigenvalue weighted by Gasteiger charge is 2.31. The molecule has 6 nitrogen and oxygen atoms in total. The second-order valence-corrected chi connectivity index (χ2v) is 6.17. The van der Waals surface area contributed by atoms with E-state index in [0.717, 1.165) is 37.0 Å². The highest BCUT2D eigenvalue weighted by molar-refractivity contribution is 7.99. The maximum atomic E-state index is 11.3. The van der Waals surface area contributed by atoms with Crippen molar-refractivity contribution in [2.75, 3.05) is 19.5 Å². The Morgan fingerprint density at radius 3 is 2.95 bits per heavy atom. The Morgan fingerprint density at radius 1 is 1.45 bits per heavy atom. The molecule has 1 aromatic rings. The minimum absolute atomic E-state index is 0.241. The molecule has 1 aliphatic heterocycles. The van der Waals surface area contributed by atoms with Crippen LogP contribution in [0.15, 0.2) is 5.16 Å². The third kappa shape index (κ3) is 3.15. The minimum Gasteiger partial charge on any atom is -0.468 e. The van der Waals surface area contributed by atoms with E-state index in [1.807, 2.05) is 0 Å². The second kappa shape index (κ2) is 6.13. The third-order valence-electron chi connectivity index (χ3n) is 3.64. The molecule has 20 heavy (non-hydrogen) atoms. The fourth-order valence-corrected chi connectivity index (χ4v) is 3.18. The monoisotopic (exact) mass is 297 g/mol. The quantitative estimate of drug-likeness (QED) is 0.587. The molecule has 2 aliphatic rings. The van der Waals surface area contributed by atoms with Gasteiger partial charge >= 0.3 is 5.97 Å². The Labute approximate surface area is 122 Å². The Balaban J connectivity index is 1.72. The summed E-state index contributed by atoms with van der Waals surface area (Å²) in [6.45, 7) is 1.64. The van der Waals surface area contributed by atoms with Crippen LogP contribution >= 0.6 is 11.8 Å². The molecule has 0 radical (unpaired) electrons. The van der Waals surface area contributed by atoms with Crippen LogP contribution in [0.2, 0.25) is 0 Å². The highest BCUT2D eigenvalue weighted by atomic mass is 32.2. The van der Waals surface area contributed by atoms with Crippen LogP contribution < -0.4 is 0 Å². The molecule has 0 N–H and O–H groups in total. The van der Waals surface area contributed by atoms with Crippen molar-refractivity contribution in [2.24, 2.45) is 0 Å². The van der Waals surface area contributed by atoms with Gasteiger partial charge < -0.3 is 14.0 Å². The summed E-state index contributed by atoms with van der Waals surface area (Å²) >= 11 is 1.39. The number of carbonyl (C=O) groups excluding carboxylic acids is 1. The summed E-state index contributed by atoms with van der Waals surface area (Å²) < 4.78 is 12.5. The number of methoxy groups -OCH3 is 1. The van der Waals surface area contributed by atoms with Gasteiger partial charge in [-0.25, -0.2) is 0 Å². The van der Waals surface area contributed by atoms with E-state index in [9.17, 15) is 4.79 Å². The number of hydrogen-bond acceptors (Lipinski definition) is 6. The molecule has 0 bridgehead atoms. The number of ether oxygens (including phenoxy) is 2. The van der Waals surface area contributed by atoms with E-state index in [2.05, 4.69) is 19.5 Å². The van der Waals surface area contributed by atoms with Gasteiger partial charge in [0.15, 0.2) is 5.16 Å². The number of nitrogens with zero attached hydrogens (tertiary/aromatic N) is 3. The molecule has 7 heteroatoms. The van der Waals surface area contributed by atoms with Crippen LogP contribution in [0.4, 0.5) is 0 Å². The molecule has 0 spiro atoms. The largest absolute Gasteiger partial charge is 0.468 e. The van der Waals surface area contributed by atoms with Crippen molar-refractivity contribution in [3.63, 3.8) is 0 Å². The van der Waals surface area contributed by atoms with Crippen LogP contribution in [0.25, 0.3) is 0 Å². The van der Waals surface area contributed by atoms with E-state index < -0.39 is 0 Å². The second-order valence-electron chi connectivity index (χ2n) is 5.23. The molecule has 1 atom stereocenters. The first-order valence-electron chi connectivity index (χ1n) is 7.02. The van der Waals surface area contributed by atoms with Gasteiger partial charge in [0.05, 0.1) is 25.5 Å². The zero-order valence-electron chi connectivity index (χ0n) is 11.6. The van der Waals surface area contributed by atoms with Gasteiger partial charge in [-0.15, -0.1) is 10.2 Å². The third-order valence-corrected chi connectivity index (χ3v) is 4.59. The Bertz CT molecular complexity index is 481. The maximum absolute atomic E-state index is 11.3. The number of aromatic nitrogens is 3. The van der Waals surface area contributed by atoms with Crippen molar-refractivity contribution in [2.45, 2.75) is 49.4 Å². The number of thioether (sulfide) groups is 1. The molecule has 110 valence electrons. The first kappa shape index (κ1) is 13.9. The van der Waals surface area contributed by atoms with E-state index >= 15 is 0 Å². The molecule has 0 amide bonds. The number of carbonyl (C=O) groups is 1. The Kier molecular flexibility index (Phi) is 4.26. The van der Waals surface area contributed by atoms with Gasteiger partial charge in [0.2, 0.25) is 0 Å². The van der Waals surface area contributed by atoms with Gasteiger partial charge in [-0.05, 0) is 25.7 Å². The predicted octanol–water partition coefficient (Wildman–Crippen LogP) is 1.60. The number of rotatable bonds is 6. The SMILES string of the molecule is COC(=O)CSc1nnc(C2CC2)n1C[C@H]1CCCO1. The van der Waals surface area contributed by atoms with Crippen molar-refractivity contribution in [3.05, 3.63) is 5.82 Å². The lowest BCUT2D eigenvalue weighted by Crippen LogP contribution is -2.18. The molecule has 3 rings (SSSR count). The highest BCUT2D eigenvalue weighted by Crippen LogP contribution is 2.40. The normalized spacial score (nSPS) is 22.1. The van der Waals surface area contributed by atoms with E-state index in [-0.39, 0.29) is 17.8 Å². The first-order valence-corrected chi connectivity index (χ1v) is 8.01. The van der Waals surface area contributed by atoms with Crippen LogP contribution in [0.1, 0.15) is 37.4 Å². The number of esters is 1.